The number of hydrogen-bond donors (Lipinski definition) is 1. The number of nitrogens with two attached hydrogens (primary N) is 1. The Balaban J connectivity index is 4.22. The Hall–Kier alpha value is -0.820. The van der Waals surface area contributed by atoms with Gasteiger partial charge < -0.3 is 15.5 Å². The molecule has 0 radical (unpaired) electrons. The van der Waals surface area contributed by atoms with Gasteiger partial charge in [0.1, 0.15) is 0 Å². The monoisotopic (exact) mass is 241 g/mol. The first-order chi connectivity index (χ1) is 7.29. The van der Waals surface area contributed by atoms with Crippen molar-refractivity contribution in [3.63, 3.8) is 0 Å². The minimum absolute atomic E-state index is 0.0315. The van der Waals surface area contributed by atoms with Crippen LogP contribution in [0.5, 0.6) is 0 Å². The Labute approximate surface area is 93.2 Å². The van der Waals surface area contributed by atoms with Gasteiger partial charge in [-0.1, -0.05) is 0 Å². The summed E-state index contributed by atoms with van der Waals surface area (Å²) in [5.41, 5.74) is 5.17. The van der Waals surface area contributed by atoms with Gasteiger partial charge in [-0.05, 0) is 27.1 Å². The second kappa shape index (κ2) is 6.70. The molecule has 0 aromatic rings. The van der Waals surface area contributed by atoms with Crippen molar-refractivity contribution in [2.45, 2.75) is 12.6 Å². The Bertz CT molecular complexity index is 219. The third-order valence-corrected chi connectivity index (χ3v) is 1.96. The molecule has 0 aromatic heterocycles. The lowest BCUT2D eigenvalue weighted by Crippen LogP contribution is -2.44. The van der Waals surface area contributed by atoms with Gasteiger partial charge >= 0.3 is 12.1 Å². The highest BCUT2D eigenvalue weighted by Crippen LogP contribution is 2.18. The summed E-state index contributed by atoms with van der Waals surface area (Å²) in [7, 11) is 3.64. The lowest BCUT2D eigenvalue weighted by Gasteiger charge is -2.23. The van der Waals surface area contributed by atoms with Gasteiger partial charge in [0.15, 0.2) is 0 Å². The molecule has 7 heteroatoms. The number of amides is 1. The lowest BCUT2D eigenvalue weighted by atomic mass is 10.3. The molecular weight excluding hydrogens is 223 g/mol. The second-order valence-corrected chi connectivity index (χ2v) is 3.74. The van der Waals surface area contributed by atoms with E-state index in [1.54, 1.807) is 0 Å². The van der Waals surface area contributed by atoms with Gasteiger partial charge in [-0.15, -0.1) is 0 Å². The fourth-order valence-electron chi connectivity index (χ4n) is 1.23. The number of nitrogens with zero attached hydrogens (tertiary/aromatic N) is 2. The third-order valence-electron chi connectivity index (χ3n) is 1.96. The number of carbonyl (C=O) groups is 1. The van der Waals surface area contributed by atoms with Crippen LogP contribution in [0.1, 0.15) is 6.42 Å². The Morgan fingerprint density at radius 2 is 1.75 bits per heavy atom. The van der Waals surface area contributed by atoms with Gasteiger partial charge in [-0.2, -0.15) is 13.2 Å². The SMILES string of the molecule is CN(C)CCCN(CCN)C(=O)C(F)(F)F. The van der Waals surface area contributed by atoms with E-state index in [1.807, 2.05) is 19.0 Å². The highest BCUT2D eigenvalue weighted by molar-refractivity contribution is 5.81. The molecule has 4 nitrogen and oxygen atoms in total. The fraction of sp³-hybridized carbons (Fsp3) is 0.889. The summed E-state index contributed by atoms with van der Waals surface area (Å²) in [5, 5.41) is 0. The summed E-state index contributed by atoms with van der Waals surface area (Å²) in [6.45, 7) is 0.676. The molecule has 0 saturated carbocycles. The standard InChI is InChI=1S/C9H18F3N3O/c1-14(2)5-3-6-15(7-4-13)8(16)9(10,11)12/h3-7,13H2,1-2H3. The summed E-state index contributed by atoms with van der Waals surface area (Å²) >= 11 is 0. The third kappa shape index (κ3) is 5.92. The maximum atomic E-state index is 12.2. The van der Waals surface area contributed by atoms with E-state index < -0.39 is 12.1 Å². The van der Waals surface area contributed by atoms with Crippen LogP contribution in [-0.4, -0.2) is 62.2 Å². The van der Waals surface area contributed by atoms with E-state index in [0.29, 0.717) is 13.0 Å². The van der Waals surface area contributed by atoms with Gasteiger partial charge in [0.25, 0.3) is 0 Å². The largest absolute Gasteiger partial charge is 0.471 e. The van der Waals surface area contributed by atoms with E-state index >= 15 is 0 Å². The van der Waals surface area contributed by atoms with Crippen molar-refractivity contribution in [2.75, 3.05) is 40.3 Å². The number of rotatable bonds is 6. The molecule has 0 aliphatic heterocycles. The highest BCUT2D eigenvalue weighted by atomic mass is 19.4. The first kappa shape index (κ1) is 15.2. The summed E-state index contributed by atoms with van der Waals surface area (Å²) in [4.78, 5) is 13.6. The van der Waals surface area contributed by atoms with E-state index in [1.165, 1.54) is 0 Å². The number of hydrogen-bond acceptors (Lipinski definition) is 3. The molecule has 0 heterocycles. The molecule has 0 aromatic carbocycles. The smallest absolute Gasteiger partial charge is 0.334 e. The first-order valence-corrected chi connectivity index (χ1v) is 5.00. The molecule has 0 saturated heterocycles. The van der Waals surface area contributed by atoms with Crippen molar-refractivity contribution in [2.24, 2.45) is 5.73 Å². The van der Waals surface area contributed by atoms with Gasteiger partial charge in [0, 0.05) is 19.6 Å². The van der Waals surface area contributed by atoms with Crippen LogP contribution in [0.3, 0.4) is 0 Å². The average molecular weight is 241 g/mol. The Morgan fingerprint density at radius 1 is 1.19 bits per heavy atom. The molecule has 0 rings (SSSR count). The molecule has 0 bridgehead atoms. The molecular formula is C9H18F3N3O. The van der Waals surface area contributed by atoms with Gasteiger partial charge in [-0.3, -0.25) is 4.79 Å². The van der Waals surface area contributed by atoms with Crippen molar-refractivity contribution in [3.05, 3.63) is 0 Å². The van der Waals surface area contributed by atoms with Gasteiger partial charge in [-0.25, -0.2) is 0 Å². The van der Waals surface area contributed by atoms with Crippen LogP contribution in [0.2, 0.25) is 0 Å². The zero-order valence-electron chi connectivity index (χ0n) is 9.55. The number of alkyl halides is 3. The summed E-state index contributed by atoms with van der Waals surface area (Å²) in [6.07, 6.45) is -4.32. The van der Waals surface area contributed by atoms with E-state index in [0.717, 1.165) is 4.90 Å². The van der Waals surface area contributed by atoms with E-state index in [2.05, 4.69) is 0 Å². The normalized spacial score (nSPS) is 11.9. The van der Waals surface area contributed by atoms with Crippen LogP contribution in [0.4, 0.5) is 13.2 Å². The van der Waals surface area contributed by atoms with Crippen LogP contribution < -0.4 is 5.73 Å². The molecule has 16 heavy (non-hydrogen) atoms. The quantitative estimate of drug-likeness (QED) is 0.727. The molecule has 1 amide bonds. The van der Waals surface area contributed by atoms with Crippen LogP contribution in [-0.2, 0) is 4.79 Å². The predicted molar refractivity (Wildman–Crippen MR) is 54.9 cm³/mol. The molecule has 0 aliphatic rings. The van der Waals surface area contributed by atoms with E-state index in [-0.39, 0.29) is 19.6 Å². The van der Waals surface area contributed by atoms with Gasteiger partial charge in [0.2, 0.25) is 0 Å². The lowest BCUT2D eigenvalue weighted by molar-refractivity contribution is -0.185. The maximum absolute atomic E-state index is 12.2. The maximum Gasteiger partial charge on any atom is 0.471 e. The first-order valence-electron chi connectivity index (χ1n) is 5.00. The van der Waals surface area contributed by atoms with Crippen molar-refractivity contribution >= 4 is 5.91 Å². The van der Waals surface area contributed by atoms with Crippen molar-refractivity contribution in [1.82, 2.24) is 9.80 Å². The molecule has 0 aliphatic carbocycles. The molecule has 0 fully saturated rings. The minimum atomic E-state index is -4.81. The van der Waals surface area contributed by atoms with E-state index in [9.17, 15) is 18.0 Å². The minimum Gasteiger partial charge on any atom is -0.334 e. The van der Waals surface area contributed by atoms with Crippen molar-refractivity contribution in [1.29, 1.82) is 0 Å². The molecule has 2 N–H and O–H groups in total. The summed E-state index contributed by atoms with van der Waals surface area (Å²) in [6, 6.07) is 0. The summed E-state index contributed by atoms with van der Waals surface area (Å²) < 4.78 is 36.5. The van der Waals surface area contributed by atoms with Gasteiger partial charge in [0.05, 0.1) is 0 Å². The van der Waals surface area contributed by atoms with E-state index in [4.69, 9.17) is 5.73 Å². The van der Waals surface area contributed by atoms with Crippen molar-refractivity contribution in [3.8, 4) is 0 Å². The van der Waals surface area contributed by atoms with Crippen LogP contribution in [0.15, 0.2) is 0 Å². The van der Waals surface area contributed by atoms with Crippen LogP contribution >= 0.6 is 0 Å². The number of carbonyl (C=O) groups excluding carboxylic acids is 1. The highest BCUT2D eigenvalue weighted by Gasteiger charge is 2.41. The Morgan fingerprint density at radius 3 is 2.12 bits per heavy atom. The topological polar surface area (TPSA) is 49.6 Å². The van der Waals surface area contributed by atoms with Crippen molar-refractivity contribution < 1.29 is 18.0 Å². The predicted octanol–water partition coefficient (Wildman–Crippen LogP) is 0.288. The van der Waals surface area contributed by atoms with Crippen LogP contribution in [0, 0.1) is 0 Å². The van der Waals surface area contributed by atoms with Crippen LogP contribution in [0.25, 0.3) is 0 Å². The molecule has 96 valence electrons. The zero-order valence-corrected chi connectivity index (χ0v) is 9.55. The average Bonchev–Trinajstić information content (AvgIpc) is 2.13. The second-order valence-electron chi connectivity index (χ2n) is 3.74. The number of halogens is 3. The Kier molecular flexibility index (Phi) is 6.35. The zero-order chi connectivity index (χ0) is 12.8. The fourth-order valence-corrected chi connectivity index (χ4v) is 1.23. The summed E-state index contributed by atoms with van der Waals surface area (Å²) in [5.74, 6) is -1.81. The molecule has 0 atom stereocenters. The molecule has 0 spiro atoms. The molecule has 0 unspecified atom stereocenters.